The van der Waals surface area contributed by atoms with Gasteiger partial charge >= 0.3 is 7.82 Å². The molecule has 0 radical (unpaired) electrons. The van der Waals surface area contributed by atoms with Gasteiger partial charge in [0.15, 0.2) is 0 Å². The number of aliphatic hydroxyl groups excluding tert-OH is 7. The smallest absolute Gasteiger partial charge is 0.393 e. The van der Waals surface area contributed by atoms with E-state index in [1.54, 1.807) is 6.08 Å². The Morgan fingerprint density at radius 1 is 0.583 bits per heavy atom. The zero-order valence-electron chi connectivity index (χ0n) is 36.9. The number of allylic oxidation sites excluding steroid dienone is 7. The monoisotopic (exact) mass is 874 g/mol. The maximum absolute atomic E-state index is 13.0. The highest BCUT2D eigenvalue weighted by molar-refractivity contribution is 7.47. The number of amides is 1. The average Bonchev–Trinajstić information content (AvgIpc) is 3.22. The Bertz CT molecular complexity index is 1220. The Morgan fingerprint density at radius 2 is 0.983 bits per heavy atom. The molecule has 14 heteroatoms. The maximum Gasteiger partial charge on any atom is 0.472 e. The zero-order valence-corrected chi connectivity index (χ0v) is 37.8. The summed E-state index contributed by atoms with van der Waals surface area (Å²) in [4.78, 5) is 23.4. The van der Waals surface area contributed by atoms with E-state index in [9.17, 15) is 50.0 Å². The topological polar surface area (TPSA) is 226 Å². The molecule has 0 saturated heterocycles. The third-order valence-corrected chi connectivity index (χ3v) is 11.8. The van der Waals surface area contributed by atoms with Crippen LogP contribution in [0.15, 0.2) is 48.6 Å². The van der Waals surface area contributed by atoms with Crippen LogP contribution in [0.2, 0.25) is 0 Å². The molecule has 9 N–H and O–H groups in total. The van der Waals surface area contributed by atoms with Crippen LogP contribution in [0.5, 0.6) is 0 Å². The van der Waals surface area contributed by atoms with Crippen molar-refractivity contribution in [1.82, 2.24) is 5.32 Å². The van der Waals surface area contributed by atoms with Gasteiger partial charge in [-0.15, -0.1) is 0 Å². The molecule has 0 aromatic carbocycles. The fourth-order valence-corrected chi connectivity index (χ4v) is 8.00. The largest absolute Gasteiger partial charge is 0.472 e. The van der Waals surface area contributed by atoms with Crippen molar-refractivity contribution in [3.05, 3.63) is 48.6 Å². The Labute approximate surface area is 361 Å². The summed E-state index contributed by atoms with van der Waals surface area (Å²) >= 11 is 0. The van der Waals surface area contributed by atoms with Gasteiger partial charge in [0.2, 0.25) is 5.91 Å². The van der Waals surface area contributed by atoms with Crippen LogP contribution >= 0.6 is 7.82 Å². The molecule has 1 aliphatic rings. The highest BCUT2D eigenvalue weighted by Gasteiger charge is 2.51. The molecule has 0 bridgehead atoms. The number of phosphoric ester groups is 1. The minimum Gasteiger partial charge on any atom is -0.393 e. The van der Waals surface area contributed by atoms with E-state index in [2.05, 4.69) is 55.6 Å². The van der Waals surface area contributed by atoms with E-state index in [0.717, 1.165) is 64.2 Å². The van der Waals surface area contributed by atoms with Crippen LogP contribution in [0.3, 0.4) is 0 Å². The molecule has 0 aliphatic heterocycles. The normalized spacial score (nSPS) is 23.8. The van der Waals surface area contributed by atoms with Gasteiger partial charge < -0.3 is 46.0 Å². The molecule has 13 nitrogen and oxygen atoms in total. The number of unbranched alkanes of at least 4 members (excludes halogenated alkanes) is 18. The highest BCUT2D eigenvalue weighted by Crippen LogP contribution is 2.47. The second-order valence-corrected chi connectivity index (χ2v) is 17.8. The zero-order chi connectivity index (χ0) is 44.4. The van der Waals surface area contributed by atoms with Crippen molar-refractivity contribution < 1.29 is 59.0 Å². The van der Waals surface area contributed by atoms with E-state index in [1.807, 2.05) is 0 Å². The minimum absolute atomic E-state index is 0.263. The second-order valence-electron chi connectivity index (χ2n) is 16.4. The van der Waals surface area contributed by atoms with E-state index >= 15 is 0 Å². The molecule has 1 amide bonds. The summed E-state index contributed by atoms with van der Waals surface area (Å²) in [5.41, 5.74) is 0. The maximum atomic E-state index is 13.0. The number of hydrogen-bond donors (Lipinski definition) is 9. The number of rotatable bonds is 37. The van der Waals surface area contributed by atoms with Crippen LogP contribution in [0.4, 0.5) is 0 Å². The van der Waals surface area contributed by atoms with E-state index < -0.39 is 75.2 Å². The first kappa shape index (κ1) is 56.3. The molecule has 0 heterocycles. The lowest BCUT2D eigenvalue weighted by atomic mass is 9.85. The number of aliphatic hydroxyl groups is 7. The SMILES string of the molecule is CCCCCCC/C=C/CC/C=C/CC/C=C/C(O)C(COP(=O)(O)OC1C(O)C(O)C(O)C(O)C1O)NC(=O)CC(O)CCCCCCC/C=C\CCCCCCCC. The fraction of sp³-hybridized carbons (Fsp3) is 0.804. The van der Waals surface area contributed by atoms with Crippen LogP contribution in [0, 0.1) is 0 Å². The number of hydrogen-bond acceptors (Lipinski definition) is 11. The van der Waals surface area contributed by atoms with Gasteiger partial charge in [-0.3, -0.25) is 13.8 Å². The summed E-state index contributed by atoms with van der Waals surface area (Å²) in [6.45, 7) is 3.69. The molecular formula is C46H84NO12P. The third kappa shape index (κ3) is 27.3. The van der Waals surface area contributed by atoms with Gasteiger partial charge in [-0.05, 0) is 70.6 Å². The lowest BCUT2D eigenvalue weighted by Gasteiger charge is -2.41. The van der Waals surface area contributed by atoms with E-state index in [1.165, 1.54) is 76.7 Å². The van der Waals surface area contributed by atoms with Crippen molar-refractivity contribution >= 4 is 13.7 Å². The molecule has 1 saturated carbocycles. The Kier molecular flexibility index (Phi) is 33.5. The van der Waals surface area contributed by atoms with Crippen LogP contribution in [0.25, 0.3) is 0 Å². The van der Waals surface area contributed by atoms with Crippen molar-refractivity contribution in [3.63, 3.8) is 0 Å². The molecule has 8 unspecified atom stereocenters. The van der Waals surface area contributed by atoms with Gasteiger partial charge in [0, 0.05) is 0 Å². The van der Waals surface area contributed by atoms with Crippen LogP contribution in [-0.2, 0) is 18.4 Å². The minimum atomic E-state index is -5.15. The molecule has 1 aliphatic carbocycles. The highest BCUT2D eigenvalue weighted by atomic mass is 31.2. The van der Waals surface area contributed by atoms with Crippen LogP contribution in [0.1, 0.15) is 174 Å². The fourth-order valence-electron chi connectivity index (χ4n) is 7.03. The molecule has 0 aromatic rings. The summed E-state index contributed by atoms with van der Waals surface area (Å²) in [5, 5.41) is 74.4. The van der Waals surface area contributed by atoms with Gasteiger partial charge in [0.25, 0.3) is 0 Å². The number of carbonyl (C=O) groups excluding carboxylic acids is 1. The van der Waals surface area contributed by atoms with Crippen molar-refractivity contribution in [2.45, 2.75) is 229 Å². The van der Waals surface area contributed by atoms with Gasteiger partial charge in [0.1, 0.15) is 36.6 Å². The molecule has 350 valence electrons. The quantitative estimate of drug-likeness (QED) is 0.0168. The van der Waals surface area contributed by atoms with E-state index in [0.29, 0.717) is 19.3 Å². The van der Waals surface area contributed by atoms with Crippen molar-refractivity contribution in [1.29, 1.82) is 0 Å². The van der Waals surface area contributed by atoms with Crippen molar-refractivity contribution in [2.24, 2.45) is 0 Å². The number of phosphoric acid groups is 1. The summed E-state index contributed by atoms with van der Waals surface area (Å²) in [5.74, 6) is -0.614. The summed E-state index contributed by atoms with van der Waals surface area (Å²) < 4.78 is 22.8. The Balaban J connectivity index is 2.60. The van der Waals surface area contributed by atoms with Crippen molar-refractivity contribution in [2.75, 3.05) is 6.61 Å². The first-order chi connectivity index (χ1) is 28.8. The van der Waals surface area contributed by atoms with Gasteiger partial charge in [-0.25, -0.2) is 4.57 Å². The predicted octanol–water partition coefficient (Wildman–Crippen LogP) is 7.53. The first-order valence-electron chi connectivity index (χ1n) is 23.2. The number of carbonyl (C=O) groups is 1. The van der Waals surface area contributed by atoms with E-state index in [4.69, 9.17) is 9.05 Å². The molecule has 8 atom stereocenters. The van der Waals surface area contributed by atoms with Gasteiger partial charge in [-0.2, -0.15) is 0 Å². The lowest BCUT2D eigenvalue weighted by molar-refractivity contribution is -0.220. The van der Waals surface area contributed by atoms with Crippen LogP contribution in [-0.4, -0.2) is 108 Å². The summed E-state index contributed by atoms with van der Waals surface area (Å²) in [6, 6.07) is -1.27. The van der Waals surface area contributed by atoms with Gasteiger partial charge in [-0.1, -0.05) is 146 Å². The third-order valence-electron chi connectivity index (χ3n) is 10.9. The lowest BCUT2D eigenvalue weighted by Crippen LogP contribution is -2.64. The molecule has 1 rings (SSSR count). The van der Waals surface area contributed by atoms with E-state index in [-0.39, 0.29) is 6.42 Å². The Hall–Kier alpha value is -1.74. The predicted molar refractivity (Wildman–Crippen MR) is 238 cm³/mol. The standard InChI is InChI=1S/C46H84NO12P/c1-3-5-7-9-11-13-15-17-19-21-23-25-27-29-31-33-37(48)35-40(50)47-38(36-58-60(56,57)59-46-44(54)42(52)41(51)43(53)45(46)55)39(49)34-32-30-28-26-24-22-20-18-16-14-12-10-8-6-4-2/h16-19,24,26,32,34,37-39,41-46,48-49,51-55H,3-15,20-23,25,27-31,33,35-36H2,1-2H3,(H,47,50)(H,56,57)/b18-16+,19-17-,26-24+,34-32+. The van der Waals surface area contributed by atoms with Gasteiger partial charge in [0.05, 0.1) is 31.3 Å². The summed E-state index contributed by atoms with van der Waals surface area (Å²) in [7, 11) is -5.15. The molecular weight excluding hydrogens is 789 g/mol. The summed E-state index contributed by atoms with van der Waals surface area (Å²) in [6.07, 6.45) is 27.7. The van der Waals surface area contributed by atoms with Crippen LogP contribution < -0.4 is 5.32 Å². The first-order valence-corrected chi connectivity index (χ1v) is 24.7. The van der Waals surface area contributed by atoms with Crippen molar-refractivity contribution in [3.8, 4) is 0 Å². The average molecular weight is 874 g/mol. The number of nitrogens with one attached hydrogen (secondary N) is 1. The second kappa shape index (κ2) is 35.7. The molecule has 0 aromatic heterocycles. The Morgan fingerprint density at radius 3 is 1.47 bits per heavy atom. The molecule has 60 heavy (non-hydrogen) atoms. The molecule has 1 fully saturated rings. The molecule has 0 spiro atoms.